The third-order valence-corrected chi connectivity index (χ3v) is 3.98. The molecule has 0 spiro atoms. The summed E-state index contributed by atoms with van der Waals surface area (Å²) < 4.78 is 5.61. The van der Waals surface area contributed by atoms with Crippen LogP contribution in [0, 0.1) is 17.8 Å². The van der Waals surface area contributed by atoms with E-state index in [9.17, 15) is 14.7 Å². The van der Waals surface area contributed by atoms with E-state index in [4.69, 9.17) is 4.74 Å². The fourth-order valence-corrected chi connectivity index (χ4v) is 2.84. The number of hydrogen-bond acceptors (Lipinski definition) is 3. The molecular weight excluding hydrogens is 294 g/mol. The molecule has 1 heterocycles. The molecule has 1 N–H and O–H groups in total. The lowest BCUT2D eigenvalue weighted by molar-refractivity contribution is -0.143. The van der Waals surface area contributed by atoms with Crippen molar-refractivity contribution in [3.8, 4) is 5.75 Å². The van der Waals surface area contributed by atoms with E-state index >= 15 is 0 Å². The molecule has 0 saturated carbocycles. The van der Waals surface area contributed by atoms with E-state index in [2.05, 4.69) is 13.8 Å². The van der Waals surface area contributed by atoms with E-state index < -0.39 is 11.9 Å². The van der Waals surface area contributed by atoms with Crippen molar-refractivity contribution in [2.75, 3.05) is 19.7 Å². The van der Waals surface area contributed by atoms with Crippen molar-refractivity contribution >= 4 is 11.9 Å². The zero-order valence-corrected chi connectivity index (χ0v) is 14.0. The van der Waals surface area contributed by atoms with Gasteiger partial charge in [0.1, 0.15) is 5.75 Å². The summed E-state index contributed by atoms with van der Waals surface area (Å²) in [6.07, 6.45) is 0.626. The predicted molar refractivity (Wildman–Crippen MR) is 87.6 cm³/mol. The first-order valence-electron chi connectivity index (χ1n) is 8.11. The fraction of sp³-hybridized carbons (Fsp3) is 0.556. The van der Waals surface area contributed by atoms with Crippen molar-refractivity contribution in [3.63, 3.8) is 0 Å². The number of amides is 1. The number of aliphatic carboxylic acids is 1. The van der Waals surface area contributed by atoms with Crippen molar-refractivity contribution in [1.29, 1.82) is 0 Å². The van der Waals surface area contributed by atoms with Gasteiger partial charge in [-0.3, -0.25) is 9.59 Å². The number of rotatable bonds is 5. The summed E-state index contributed by atoms with van der Waals surface area (Å²) >= 11 is 0. The molecule has 0 bridgehead atoms. The Morgan fingerprint density at radius 3 is 2.48 bits per heavy atom. The van der Waals surface area contributed by atoms with Crippen LogP contribution < -0.4 is 4.74 Å². The van der Waals surface area contributed by atoms with E-state index in [1.807, 2.05) is 6.92 Å². The summed E-state index contributed by atoms with van der Waals surface area (Å²) in [6.45, 7) is 7.66. The highest BCUT2D eigenvalue weighted by Gasteiger charge is 2.32. The highest BCUT2D eigenvalue weighted by Crippen LogP contribution is 2.24. The normalized spacial score (nSPS) is 21.3. The zero-order valence-electron chi connectivity index (χ0n) is 14.0. The van der Waals surface area contributed by atoms with Gasteiger partial charge in [0.15, 0.2) is 0 Å². The molecule has 0 aromatic heterocycles. The van der Waals surface area contributed by atoms with Crippen LogP contribution in [0.25, 0.3) is 0 Å². The third kappa shape index (κ3) is 4.71. The molecule has 2 rings (SSSR count). The minimum absolute atomic E-state index is 0.113. The number of benzene rings is 1. The van der Waals surface area contributed by atoms with E-state index in [0.29, 0.717) is 31.1 Å². The molecule has 5 nitrogen and oxygen atoms in total. The van der Waals surface area contributed by atoms with E-state index in [1.165, 1.54) is 0 Å². The number of carboxylic acid groups (broad SMARTS) is 1. The third-order valence-electron chi connectivity index (χ3n) is 3.98. The second-order valence-corrected chi connectivity index (χ2v) is 6.82. The molecule has 2 unspecified atom stereocenters. The van der Waals surface area contributed by atoms with Crippen LogP contribution in [0.2, 0.25) is 0 Å². The van der Waals surface area contributed by atoms with Crippen molar-refractivity contribution < 1.29 is 19.4 Å². The lowest BCUT2D eigenvalue weighted by Crippen LogP contribution is -2.45. The van der Waals surface area contributed by atoms with Crippen LogP contribution in [0.4, 0.5) is 0 Å². The number of nitrogens with zero attached hydrogens (tertiary/aromatic N) is 1. The van der Waals surface area contributed by atoms with Gasteiger partial charge in [0.2, 0.25) is 0 Å². The zero-order chi connectivity index (χ0) is 17.0. The standard InChI is InChI=1S/C18H25NO4/c1-12(2)11-23-16-6-4-14(5-7-16)17(20)19-9-13(3)8-15(10-19)18(21)22/h4-7,12-13,15H,8-11H2,1-3H3,(H,21,22). The predicted octanol–water partition coefficient (Wildman–Crippen LogP) is 2.90. The van der Waals surface area contributed by atoms with Gasteiger partial charge in [-0.2, -0.15) is 0 Å². The number of likely N-dealkylation sites (tertiary alicyclic amines) is 1. The van der Waals surface area contributed by atoms with E-state index in [1.54, 1.807) is 29.2 Å². The molecule has 23 heavy (non-hydrogen) atoms. The van der Waals surface area contributed by atoms with Crippen LogP contribution in [0.5, 0.6) is 5.75 Å². The molecule has 1 saturated heterocycles. The quantitative estimate of drug-likeness (QED) is 0.906. The number of carbonyl (C=O) groups is 2. The summed E-state index contributed by atoms with van der Waals surface area (Å²) in [7, 11) is 0. The number of hydrogen-bond donors (Lipinski definition) is 1. The van der Waals surface area contributed by atoms with E-state index in [-0.39, 0.29) is 18.4 Å². The second kappa shape index (κ2) is 7.49. The van der Waals surface area contributed by atoms with Crippen LogP contribution in [-0.2, 0) is 4.79 Å². The second-order valence-electron chi connectivity index (χ2n) is 6.82. The van der Waals surface area contributed by atoms with Gasteiger partial charge in [0.25, 0.3) is 5.91 Å². The molecule has 126 valence electrons. The number of piperidine rings is 1. The van der Waals surface area contributed by atoms with Gasteiger partial charge < -0.3 is 14.7 Å². The Kier molecular flexibility index (Phi) is 5.64. The number of ether oxygens (including phenoxy) is 1. The molecule has 5 heteroatoms. The van der Waals surface area contributed by atoms with E-state index in [0.717, 1.165) is 5.75 Å². The van der Waals surface area contributed by atoms with Gasteiger partial charge in [-0.05, 0) is 42.5 Å². The summed E-state index contributed by atoms with van der Waals surface area (Å²) in [4.78, 5) is 25.5. The Labute approximate surface area is 137 Å². The Bertz CT molecular complexity index is 553. The maximum Gasteiger partial charge on any atom is 0.308 e. The monoisotopic (exact) mass is 319 g/mol. The summed E-state index contributed by atoms with van der Waals surface area (Å²) in [5, 5.41) is 9.21. The smallest absolute Gasteiger partial charge is 0.308 e. The van der Waals surface area contributed by atoms with Gasteiger partial charge >= 0.3 is 5.97 Å². The molecule has 1 aromatic carbocycles. The molecule has 1 aliphatic rings. The molecule has 0 radical (unpaired) electrons. The van der Waals surface area contributed by atoms with Gasteiger partial charge in [-0.25, -0.2) is 0 Å². The molecule has 1 aliphatic heterocycles. The van der Waals surface area contributed by atoms with Crippen LogP contribution >= 0.6 is 0 Å². The summed E-state index contributed by atoms with van der Waals surface area (Å²) in [5.41, 5.74) is 0.570. The summed E-state index contributed by atoms with van der Waals surface area (Å²) in [6, 6.07) is 7.06. The van der Waals surface area contributed by atoms with Gasteiger partial charge in [-0.1, -0.05) is 20.8 Å². The SMILES string of the molecule is CC(C)COc1ccc(C(=O)N2CC(C)CC(C(=O)O)C2)cc1. The maximum absolute atomic E-state index is 12.6. The average Bonchev–Trinajstić information content (AvgIpc) is 2.52. The van der Waals surface area contributed by atoms with Crippen molar-refractivity contribution in [1.82, 2.24) is 4.90 Å². The van der Waals surface area contributed by atoms with Crippen LogP contribution in [0.1, 0.15) is 37.6 Å². The molecule has 2 atom stereocenters. The van der Waals surface area contributed by atoms with Gasteiger partial charge in [0, 0.05) is 18.7 Å². The topological polar surface area (TPSA) is 66.8 Å². The Morgan fingerprint density at radius 2 is 1.91 bits per heavy atom. The fourth-order valence-electron chi connectivity index (χ4n) is 2.84. The first kappa shape index (κ1) is 17.3. The highest BCUT2D eigenvalue weighted by atomic mass is 16.5. The van der Waals surface area contributed by atoms with Gasteiger partial charge in [0.05, 0.1) is 12.5 Å². The number of carbonyl (C=O) groups excluding carboxylic acids is 1. The minimum atomic E-state index is -0.827. The van der Waals surface area contributed by atoms with Crippen molar-refractivity contribution in [2.24, 2.45) is 17.8 Å². The Morgan fingerprint density at radius 1 is 1.26 bits per heavy atom. The Balaban J connectivity index is 2.03. The highest BCUT2D eigenvalue weighted by molar-refractivity contribution is 5.94. The molecule has 1 amide bonds. The largest absolute Gasteiger partial charge is 0.493 e. The van der Waals surface area contributed by atoms with Crippen LogP contribution in [-0.4, -0.2) is 41.6 Å². The average molecular weight is 319 g/mol. The lowest BCUT2D eigenvalue weighted by atomic mass is 9.90. The molecule has 0 aliphatic carbocycles. The first-order chi connectivity index (χ1) is 10.9. The number of carboxylic acids is 1. The summed E-state index contributed by atoms with van der Waals surface area (Å²) in [5.74, 6) is -0.0337. The minimum Gasteiger partial charge on any atom is -0.493 e. The molecule has 1 aromatic rings. The molecular formula is C18H25NO4. The maximum atomic E-state index is 12.6. The Hall–Kier alpha value is -2.04. The lowest BCUT2D eigenvalue weighted by Gasteiger charge is -2.34. The van der Waals surface area contributed by atoms with Crippen LogP contribution in [0.15, 0.2) is 24.3 Å². The van der Waals surface area contributed by atoms with Crippen molar-refractivity contribution in [3.05, 3.63) is 29.8 Å². The van der Waals surface area contributed by atoms with Crippen LogP contribution in [0.3, 0.4) is 0 Å². The first-order valence-corrected chi connectivity index (χ1v) is 8.11. The molecule has 1 fully saturated rings. The van der Waals surface area contributed by atoms with Crippen molar-refractivity contribution in [2.45, 2.75) is 27.2 Å². The van der Waals surface area contributed by atoms with Gasteiger partial charge in [-0.15, -0.1) is 0 Å².